The Labute approximate surface area is 91.9 Å². The minimum absolute atomic E-state index is 0.0572. The van der Waals surface area contributed by atoms with Gasteiger partial charge in [-0.25, -0.2) is 9.59 Å². The van der Waals surface area contributed by atoms with Crippen molar-refractivity contribution in [3.8, 4) is 0 Å². The smallest absolute Gasteiger partial charge is 0.408 e. The van der Waals surface area contributed by atoms with Gasteiger partial charge in [-0.1, -0.05) is 0 Å². The Kier molecular flexibility index (Phi) is 2.42. The van der Waals surface area contributed by atoms with Crippen molar-refractivity contribution >= 4 is 12.2 Å². The molecule has 0 radical (unpaired) electrons. The van der Waals surface area contributed by atoms with Crippen LogP contribution < -0.4 is 0 Å². The summed E-state index contributed by atoms with van der Waals surface area (Å²) in [4.78, 5) is 24.4. The van der Waals surface area contributed by atoms with Gasteiger partial charge in [-0.2, -0.15) is 0 Å². The summed E-state index contributed by atoms with van der Waals surface area (Å²) >= 11 is 0. The van der Waals surface area contributed by atoms with Crippen molar-refractivity contribution in [2.24, 2.45) is 0 Å². The van der Waals surface area contributed by atoms with Gasteiger partial charge in [-0.15, -0.1) is 0 Å². The first-order valence-corrected chi connectivity index (χ1v) is 5.11. The summed E-state index contributed by atoms with van der Waals surface area (Å²) < 4.78 is 0. The zero-order valence-electron chi connectivity index (χ0n) is 8.67. The maximum absolute atomic E-state index is 11.1. The number of aliphatic hydroxyl groups is 1. The van der Waals surface area contributed by atoms with E-state index < -0.39 is 17.7 Å². The first kappa shape index (κ1) is 11.0. The maximum atomic E-state index is 11.1. The minimum Gasteiger partial charge on any atom is -0.465 e. The van der Waals surface area contributed by atoms with Crippen LogP contribution in [0.15, 0.2) is 0 Å². The van der Waals surface area contributed by atoms with Gasteiger partial charge in [-0.05, 0) is 12.8 Å². The first-order valence-electron chi connectivity index (χ1n) is 5.11. The number of carbonyl (C=O) groups is 2. The van der Waals surface area contributed by atoms with Gasteiger partial charge in [0, 0.05) is 13.1 Å². The second kappa shape index (κ2) is 3.51. The predicted molar refractivity (Wildman–Crippen MR) is 52.3 cm³/mol. The molecule has 90 valence electrons. The molecule has 16 heavy (non-hydrogen) atoms. The van der Waals surface area contributed by atoms with E-state index in [9.17, 15) is 14.7 Å². The largest absolute Gasteiger partial charge is 0.465 e. The average Bonchev–Trinajstić information content (AvgIpc) is 2.47. The van der Waals surface area contributed by atoms with Crippen LogP contribution in [0.25, 0.3) is 0 Å². The van der Waals surface area contributed by atoms with Crippen LogP contribution in [0.2, 0.25) is 0 Å². The Morgan fingerprint density at radius 2 is 2.00 bits per heavy atom. The van der Waals surface area contributed by atoms with Gasteiger partial charge < -0.3 is 20.2 Å². The highest BCUT2D eigenvalue weighted by atomic mass is 16.4. The van der Waals surface area contributed by atoms with E-state index in [1.807, 2.05) is 0 Å². The third-order valence-electron chi connectivity index (χ3n) is 3.51. The van der Waals surface area contributed by atoms with E-state index >= 15 is 0 Å². The molecule has 2 fully saturated rings. The molecule has 0 aromatic heterocycles. The maximum Gasteiger partial charge on any atom is 0.408 e. The van der Waals surface area contributed by atoms with Crippen molar-refractivity contribution in [2.75, 3.05) is 19.7 Å². The number of likely N-dealkylation sites (tertiary alicyclic amines) is 1. The molecule has 0 saturated carbocycles. The summed E-state index contributed by atoms with van der Waals surface area (Å²) in [6, 6.07) is -0.325. The van der Waals surface area contributed by atoms with Gasteiger partial charge in [0.05, 0.1) is 18.2 Å². The summed E-state index contributed by atoms with van der Waals surface area (Å²) in [5.41, 5.74) is -0.937. The van der Waals surface area contributed by atoms with Crippen molar-refractivity contribution in [1.82, 2.24) is 9.80 Å². The molecule has 2 amide bonds. The van der Waals surface area contributed by atoms with E-state index in [1.165, 1.54) is 9.80 Å². The van der Waals surface area contributed by atoms with Crippen LogP contribution in [0.3, 0.4) is 0 Å². The van der Waals surface area contributed by atoms with Gasteiger partial charge in [0.1, 0.15) is 0 Å². The van der Waals surface area contributed by atoms with Gasteiger partial charge in [0.15, 0.2) is 0 Å². The Hall–Kier alpha value is -1.50. The summed E-state index contributed by atoms with van der Waals surface area (Å²) in [6.07, 6.45) is -1.02. The number of hydrogen-bond acceptors (Lipinski definition) is 3. The highest BCUT2D eigenvalue weighted by Gasteiger charge is 2.54. The van der Waals surface area contributed by atoms with Crippen LogP contribution in [-0.2, 0) is 0 Å². The van der Waals surface area contributed by atoms with Gasteiger partial charge in [0.25, 0.3) is 0 Å². The summed E-state index contributed by atoms with van der Waals surface area (Å²) in [7, 11) is 0. The molecule has 0 aliphatic carbocycles. The molecule has 0 aromatic rings. The highest BCUT2D eigenvalue weighted by Crippen LogP contribution is 2.38. The van der Waals surface area contributed by atoms with Gasteiger partial charge in [-0.3, -0.25) is 4.90 Å². The van der Waals surface area contributed by atoms with E-state index in [2.05, 4.69) is 0 Å². The average molecular weight is 230 g/mol. The van der Waals surface area contributed by atoms with Crippen LogP contribution in [0.5, 0.6) is 0 Å². The third kappa shape index (κ3) is 1.39. The molecule has 0 spiro atoms. The van der Waals surface area contributed by atoms with E-state index in [0.717, 1.165) is 0 Å². The quantitative estimate of drug-likeness (QED) is 0.581. The molecule has 2 saturated heterocycles. The lowest BCUT2D eigenvalue weighted by atomic mass is 9.96. The fourth-order valence-corrected chi connectivity index (χ4v) is 2.78. The number of fused-ring (bicyclic) bond motifs is 2. The zero-order chi connectivity index (χ0) is 11.9. The molecule has 2 heterocycles. The van der Waals surface area contributed by atoms with Crippen molar-refractivity contribution in [3.05, 3.63) is 0 Å². The normalized spacial score (nSPS) is 32.9. The first-order chi connectivity index (χ1) is 7.50. The monoisotopic (exact) mass is 230 g/mol. The van der Waals surface area contributed by atoms with E-state index in [1.54, 1.807) is 0 Å². The molecule has 2 atom stereocenters. The minimum atomic E-state index is -1.08. The zero-order valence-corrected chi connectivity index (χ0v) is 8.67. The number of carboxylic acid groups (broad SMARTS) is 2. The Bertz CT molecular complexity index is 334. The lowest BCUT2D eigenvalue weighted by Gasteiger charge is -2.45. The molecule has 2 aliphatic heterocycles. The molecule has 7 heteroatoms. The fraction of sp³-hybridized carbons (Fsp3) is 0.778. The Morgan fingerprint density at radius 1 is 1.31 bits per heavy atom. The van der Waals surface area contributed by atoms with Crippen LogP contribution in [0.4, 0.5) is 9.59 Å². The number of amides is 2. The Morgan fingerprint density at radius 3 is 2.50 bits per heavy atom. The molecular formula is C9H14N2O5. The molecular weight excluding hydrogens is 216 g/mol. The van der Waals surface area contributed by atoms with Crippen molar-refractivity contribution in [1.29, 1.82) is 0 Å². The van der Waals surface area contributed by atoms with E-state index in [0.29, 0.717) is 12.8 Å². The van der Waals surface area contributed by atoms with E-state index in [4.69, 9.17) is 10.2 Å². The highest BCUT2D eigenvalue weighted by molar-refractivity contribution is 5.70. The molecule has 2 bridgehead atoms. The lowest BCUT2D eigenvalue weighted by molar-refractivity contribution is -0.0140. The topological polar surface area (TPSA) is 101 Å². The molecule has 7 nitrogen and oxygen atoms in total. The number of hydrogen-bond donors (Lipinski definition) is 3. The summed E-state index contributed by atoms with van der Waals surface area (Å²) in [6.45, 7) is -0.0788. The molecule has 2 rings (SSSR count). The van der Waals surface area contributed by atoms with E-state index in [-0.39, 0.29) is 25.7 Å². The number of rotatable bonds is 1. The van der Waals surface area contributed by atoms with Crippen LogP contribution in [0, 0.1) is 0 Å². The summed E-state index contributed by atoms with van der Waals surface area (Å²) in [5, 5.41) is 27.4. The number of aliphatic hydroxyl groups excluding tert-OH is 1. The molecule has 0 unspecified atom stereocenters. The SMILES string of the molecule is O=C(O)N1C[C@@H]2CC[C@](CO)(C1)N2C(=O)O. The third-order valence-corrected chi connectivity index (χ3v) is 3.51. The van der Waals surface area contributed by atoms with Crippen LogP contribution in [0.1, 0.15) is 12.8 Å². The number of nitrogens with zero attached hydrogens (tertiary/aromatic N) is 2. The number of piperazine rings is 1. The fourth-order valence-electron chi connectivity index (χ4n) is 2.78. The molecule has 3 N–H and O–H groups in total. The van der Waals surface area contributed by atoms with Gasteiger partial charge >= 0.3 is 12.2 Å². The predicted octanol–water partition coefficient (Wildman–Crippen LogP) is -0.146. The van der Waals surface area contributed by atoms with Crippen molar-refractivity contribution < 1.29 is 24.9 Å². The summed E-state index contributed by atoms with van der Waals surface area (Å²) in [5.74, 6) is 0. The van der Waals surface area contributed by atoms with Crippen LogP contribution in [-0.4, -0.2) is 68.6 Å². The van der Waals surface area contributed by atoms with Crippen molar-refractivity contribution in [2.45, 2.75) is 24.4 Å². The lowest BCUT2D eigenvalue weighted by Crippen LogP contribution is -2.65. The second-order valence-electron chi connectivity index (χ2n) is 4.39. The molecule has 2 aliphatic rings. The van der Waals surface area contributed by atoms with Crippen LogP contribution >= 0.6 is 0 Å². The van der Waals surface area contributed by atoms with Crippen molar-refractivity contribution in [3.63, 3.8) is 0 Å². The standard InChI is InChI=1S/C9H14N2O5/c12-5-9-2-1-6(11(9)8(15)16)3-10(4-9)7(13)14/h6,12H,1-5H2,(H,13,14)(H,15,16)/t6-,9+/m0/s1. The Balaban J connectivity index is 2.28. The van der Waals surface area contributed by atoms with Gasteiger partial charge in [0.2, 0.25) is 0 Å². The molecule has 0 aromatic carbocycles. The second-order valence-corrected chi connectivity index (χ2v) is 4.39.